The summed E-state index contributed by atoms with van der Waals surface area (Å²) in [4.78, 5) is 15.1. The van der Waals surface area contributed by atoms with E-state index in [0.29, 0.717) is 25.7 Å². The van der Waals surface area contributed by atoms with Crippen LogP contribution in [0, 0.1) is 0 Å². The number of aromatic nitrogens is 1. The van der Waals surface area contributed by atoms with Gasteiger partial charge in [-0.05, 0) is 66.4 Å². The van der Waals surface area contributed by atoms with Crippen molar-refractivity contribution in [1.29, 1.82) is 0 Å². The standard InChI is InChI=1S/C24H25NO4/c1-28-19-7-3-16(4-8-19)21-15-22(24(27)13-11-18(26)12-14-24)25-23(21)17-5-9-20(29-2)10-6-17/h3-10,15,25,27H,11-14H2,1-2H3. The fraction of sp³-hybridized carbons (Fsp3) is 0.292. The van der Waals surface area contributed by atoms with E-state index in [1.165, 1.54) is 0 Å². The van der Waals surface area contributed by atoms with Crippen LogP contribution in [0.3, 0.4) is 0 Å². The average Bonchev–Trinajstić information content (AvgIpc) is 3.22. The zero-order valence-electron chi connectivity index (χ0n) is 16.7. The molecule has 5 nitrogen and oxygen atoms in total. The topological polar surface area (TPSA) is 71.5 Å². The zero-order chi connectivity index (χ0) is 20.4. The third-order valence-electron chi connectivity index (χ3n) is 5.73. The number of rotatable bonds is 5. The maximum absolute atomic E-state index is 11.7. The maximum Gasteiger partial charge on any atom is 0.133 e. The van der Waals surface area contributed by atoms with Gasteiger partial charge in [-0.3, -0.25) is 4.79 Å². The highest BCUT2D eigenvalue weighted by Gasteiger charge is 2.36. The molecular weight excluding hydrogens is 366 g/mol. The van der Waals surface area contributed by atoms with E-state index in [2.05, 4.69) is 4.98 Å². The van der Waals surface area contributed by atoms with Crippen molar-refractivity contribution in [3.8, 4) is 33.9 Å². The lowest BCUT2D eigenvalue weighted by Crippen LogP contribution is -2.31. The van der Waals surface area contributed by atoms with Gasteiger partial charge in [0.2, 0.25) is 0 Å². The van der Waals surface area contributed by atoms with Gasteiger partial charge in [0, 0.05) is 24.1 Å². The number of ether oxygens (including phenoxy) is 2. The SMILES string of the molecule is COc1ccc(-c2cc(C3(O)CCC(=O)CC3)[nH]c2-c2ccc(OC)cc2)cc1. The van der Waals surface area contributed by atoms with Crippen molar-refractivity contribution in [2.75, 3.05) is 14.2 Å². The van der Waals surface area contributed by atoms with Crippen LogP contribution in [0.2, 0.25) is 0 Å². The Morgan fingerprint density at radius 2 is 1.38 bits per heavy atom. The van der Waals surface area contributed by atoms with E-state index in [4.69, 9.17) is 9.47 Å². The first-order chi connectivity index (χ1) is 14.0. The molecule has 2 N–H and O–H groups in total. The number of hydrogen-bond donors (Lipinski definition) is 2. The van der Waals surface area contributed by atoms with Crippen LogP contribution in [0.1, 0.15) is 31.4 Å². The maximum atomic E-state index is 11.7. The van der Waals surface area contributed by atoms with E-state index in [0.717, 1.165) is 39.6 Å². The molecule has 1 aromatic heterocycles. The molecular formula is C24H25NO4. The molecule has 2 aromatic carbocycles. The molecule has 1 aliphatic carbocycles. The molecule has 5 heteroatoms. The Bertz CT molecular complexity index is 927. The van der Waals surface area contributed by atoms with Gasteiger partial charge in [0.1, 0.15) is 22.9 Å². The van der Waals surface area contributed by atoms with Gasteiger partial charge in [-0.15, -0.1) is 0 Å². The number of ketones is 1. The summed E-state index contributed by atoms with van der Waals surface area (Å²) < 4.78 is 10.6. The summed E-state index contributed by atoms with van der Waals surface area (Å²) in [6, 6.07) is 17.7. The number of hydrogen-bond acceptors (Lipinski definition) is 4. The van der Waals surface area contributed by atoms with Gasteiger partial charge in [-0.25, -0.2) is 0 Å². The molecule has 1 saturated carbocycles. The summed E-state index contributed by atoms with van der Waals surface area (Å²) in [5.74, 6) is 1.79. The van der Waals surface area contributed by atoms with Gasteiger partial charge in [0.15, 0.2) is 0 Å². The minimum atomic E-state index is -1.01. The Morgan fingerprint density at radius 3 is 1.90 bits per heavy atom. The molecule has 0 aliphatic heterocycles. The normalized spacial score (nSPS) is 15.9. The Hall–Kier alpha value is -3.05. The highest BCUT2D eigenvalue weighted by molar-refractivity contribution is 5.83. The number of carbonyl (C=O) groups is 1. The van der Waals surface area contributed by atoms with Crippen molar-refractivity contribution in [3.05, 3.63) is 60.3 Å². The number of Topliss-reactive ketones (excluding diaryl/α,β-unsaturated/α-hetero) is 1. The molecule has 0 bridgehead atoms. The largest absolute Gasteiger partial charge is 0.497 e. The Morgan fingerprint density at radius 1 is 0.862 bits per heavy atom. The molecule has 1 aliphatic rings. The fourth-order valence-corrected chi connectivity index (χ4v) is 3.90. The van der Waals surface area contributed by atoms with Crippen LogP contribution in [0.4, 0.5) is 0 Å². The van der Waals surface area contributed by atoms with Crippen LogP contribution in [-0.4, -0.2) is 30.1 Å². The van der Waals surface area contributed by atoms with Gasteiger partial charge < -0.3 is 19.6 Å². The predicted molar refractivity (Wildman–Crippen MR) is 112 cm³/mol. The van der Waals surface area contributed by atoms with Crippen LogP contribution in [0.25, 0.3) is 22.4 Å². The number of nitrogens with one attached hydrogen (secondary N) is 1. The molecule has 0 amide bonds. The van der Waals surface area contributed by atoms with E-state index in [9.17, 15) is 9.90 Å². The van der Waals surface area contributed by atoms with Crippen LogP contribution in [0.15, 0.2) is 54.6 Å². The quantitative estimate of drug-likeness (QED) is 0.661. The monoisotopic (exact) mass is 391 g/mol. The lowest BCUT2D eigenvalue weighted by atomic mass is 9.82. The Balaban J connectivity index is 1.80. The second-order valence-electron chi connectivity index (χ2n) is 7.50. The van der Waals surface area contributed by atoms with Crippen LogP contribution in [-0.2, 0) is 10.4 Å². The molecule has 1 heterocycles. The summed E-state index contributed by atoms with van der Waals surface area (Å²) >= 11 is 0. The van der Waals surface area contributed by atoms with E-state index in [1.807, 2.05) is 54.6 Å². The second-order valence-corrected chi connectivity index (χ2v) is 7.50. The highest BCUT2D eigenvalue weighted by Crippen LogP contribution is 2.41. The van der Waals surface area contributed by atoms with Gasteiger partial charge in [0.25, 0.3) is 0 Å². The molecule has 0 spiro atoms. The second kappa shape index (κ2) is 7.76. The highest BCUT2D eigenvalue weighted by atomic mass is 16.5. The Labute approximate surface area is 170 Å². The molecule has 150 valence electrons. The van der Waals surface area contributed by atoms with Gasteiger partial charge >= 0.3 is 0 Å². The number of aromatic amines is 1. The number of aliphatic hydroxyl groups is 1. The summed E-state index contributed by atoms with van der Waals surface area (Å²) in [5.41, 5.74) is 3.69. The first kappa shape index (κ1) is 19.3. The lowest BCUT2D eigenvalue weighted by Gasteiger charge is -2.30. The van der Waals surface area contributed by atoms with E-state index < -0.39 is 5.60 Å². The van der Waals surface area contributed by atoms with Gasteiger partial charge in [0.05, 0.1) is 19.9 Å². The van der Waals surface area contributed by atoms with E-state index in [-0.39, 0.29) is 5.78 Å². The van der Waals surface area contributed by atoms with Crippen molar-refractivity contribution in [1.82, 2.24) is 4.98 Å². The van der Waals surface area contributed by atoms with Crippen molar-refractivity contribution >= 4 is 5.78 Å². The Kier molecular flexibility index (Phi) is 5.16. The van der Waals surface area contributed by atoms with Crippen LogP contribution in [0.5, 0.6) is 11.5 Å². The number of benzene rings is 2. The number of H-pyrrole nitrogens is 1. The minimum Gasteiger partial charge on any atom is -0.497 e. The number of carbonyl (C=O) groups excluding carboxylic acids is 1. The molecule has 4 rings (SSSR count). The zero-order valence-corrected chi connectivity index (χ0v) is 16.7. The third-order valence-corrected chi connectivity index (χ3v) is 5.73. The molecule has 0 saturated heterocycles. The fourth-order valence-electron chi connectivity index (χ4n) is 3.90. The minimum absolute atomic E-state index is 0.215. The lowest BCUT2D eigenvalue weighted by molar-refractivity contribution is -0.125. The smallest absolute Gasteiger partial charge is 0.133 e. The molecule has 0 atom stereocenters. The summed E-state index contributed by atoms with van der Waals surface area (Å²) in [6.45, 7) is 0. The average molecular weight is 391 g/mol. The molecule has 0 unspecified atom stereocenters. The summed E-state index contributed by atoms with van der Waals surface area (Å²) in [7, 11) is 3.29. The summed E-state index contributed by atoms with van der Waals surface area (Å²) in [5, 5.41) is 11.2. The van der Waals surface area contributed by atoms with Gasteiger partial charge in [-0.1, -0.05) is 12.1 Å². The van der Waals surface area contributed by atoms with Crippen LogP contribution < -0.4 is 9.47 Å². The van der Waals surface area contributed by atoms with Crippen molar-refractivity contribution < 1.29 is 19.4 Å². The van der Waals surface area contributed by atoms with Crippen molar-refractivity contribution in [3.63, 3.8) is 0 Å². The molecule has 1 fully saturated rings. The van der Waals surface area contributed by atoms with Crippen molar-refractivity contribution in [2.45, 2.75) is 31.3 Å². The van der Waals surface area contributed by atoms with E-state index in [1.54, 1.807) is 14.2 Å². The molecule has 0 radical (unpaired) electrons. The van der Waals surface area contributed by atoms with Gasteiger partial charge in [-0.2, -0.15) is 0 Å². The molecule has 3 aromatic rings. The summed E-state index contributed by atoms with van der Waals surface area (Å²) in [6.07, 6.45) is 1.70. The molecule has 29 heavy (non-hydrogen) atoms. The predicted octanol–water partition coefficient (Wildman–Crippen LogP) is 4.70. The van der Waals surface area contributed by atoms with Crippen LogP contribution >= 0.6 is 0 Å². The number of methoxy groups -OCH3 is 2. The third kappa shape index (κ3) is 3.78. The first-order valence-electron chi connectivity index (χ1n) is 9.79. The first-order valence-corrected chi connectivity index (χ1v) is 9.79. The van der Waals surface area contributed by atoms with Crippen molar-refractivity contribution in [2.24, 2.45) is 0 Å². The van der Waals surface area contributed by atoms with E-state index >= 15 is 0 Å².